The van der Waals surface area contributed by atoms with Crippen LogP contribution in [0.3, 0.4) is 0 Å². The third-order valence-electron chi connectivity index (χ3n) is 19.0. The van der Waals surface area contributed by atoms with Crippen molar-refractivity contribution in [2.24, 2.45) is 0 Å². The van der Waals surface area contributed by atoms with Gasteiger partial charge in [0, 0.05) is 31.3 Å². The first-order valence-electron chi connectivity index (χ1n) is 47.5. The van der Waals surface area contributed by atoms with Crippen molar-refractivity contribution in [1.29, 1.82) is 0 Å². The zero-order chi connectivity index (χ0) is 93.8. The fourth-order valence-corrected chi connectivity index (χ4v) is 17.7. The van der Waals surface area contributed by atoms with Crippen LogP contribution in [0.4, 0.5) is 0 Å². The standard InChI is InChI=1S/C94H84N4OSi/c1-62-29-27-30-63(2)89(62)66-55-82(65-53-68(93(6,7)8)57-69(54-65)94(9,10)11)90-84(56-66)79-42-24-22-40-77(79)76-39-21-23-41-78(76)83-51-64(48-50-100(73-33-15-12-16-34-73,74-35-17-13-18-36-74)75-37-19-14-20-38-75)52-87-91(83)97(90)61-96(87)70-31-28-32-71(59-70)99-72-45-46-81-80-43-25-26-44-85(80)98(86(81)60-72)88-58-67(47-49-95-88)92(3,4)5/h12-47,49,51-60H,48,50H2,1-11H3/i1D3,2D3,12D,13D,14D,15D,16D,17D,18D,19D,20D,21D,22D,23D,24D,33D,34D,35D,36D,37D,38D,39D,40D,41D,42D. The summed E-state index contributed by atoms with van der Waals surface area (Å²) in [6.45, 7) is 12.2. The van der Waals surface area contributed by atoms with Crippen LogP contribution in [0.2, 0.25) is 6.04 Å². The van der Waals surface area contributed by atoms with Crippen molar-refractivity contribution in [1.82, 2.24) is 14.1 Å². The number of imidazole rings is 1. The molecule has 0 N–H and O–H groups in total. The van der Waals surface area contributed by atoms with Crippen LogP contribution in [0.1, 0.15) is 135 Å². The van der Waals surface area contributed by atoms with Gasteiger partial charge in [-0.05, 0) is 208 Å². The monoisotopic (exact) mass is 1340 g/mol. The van der Waals surface area contributed by atoms with E-state index in [2.05, 4.69) is 31.7 Å². The van der Waals surface area contributed by atoms with E-state index in [1.54, 1.807) is 51.7 Å². The molecule has 1 aliphatic heterocycles. The van der Waals surface area contributed by atoms with Crippen LogP contribution in [0.5, 0.6) is 11.5 Å². The predicted octanol–water partition coefficient (Wildman–Crippen LogP) is 21.9. The van der Waals surface area contributed by atoms with Crippen molar-refractivity contribution in [3.63, 3.8) is 0 Å². The predicted molar refractivity (Wildman–Crippen MR) is 421 cm³/mol. The minimum atomic E-state index is -5.70. The Labute approximate surface area is 631 Å². The molecule has 0 saturated heterocycles. The van der Waals surface area contributed by atoms with Crippen LogP contribution < -0.4 is 24.9 Å². The molecule has 4 heterocycles. The lowest BCUT2D eigenvalue weighted by Crippen LogP contribution is -2.67. The molecule has 0 aliphatic carbocycles. The molecule has 0 spiro atoms. The van der Waals surface area contributed by atoms with Gasteiger partial charge in [0.15, 0.2) is 0 Å². The SMILES string of the molecule is [2H]c1c([2H])c([2H])c([Si](CCc2cc3c4c(c2)n(-c2cccc(Oc5ccc6c7ccccc7n(-c7cc(C(C)(C)C)ccn7)c6c5)c2)[c-][n+]4-c2c(-c4cc(C(C)(C)C)cc(C(C)(C)C)c4)cc(-c4c(C([2H])([2H])[2H])cccc4C([2H])([2H])[2H])cc2-c2c([2H])c([2H])c([2H])c([2H])c2-c2c([2H])c([2H])c([2H])c([2H])c2-3)(c2c([2H])c([2H])c([2H])c([2H])c2[2H])c2c([2H])c([2H])c([2H])c([2H])c2[2H])c([2H])c1[2H]. The van der Waals surface area contributed by atoms with Gasteiger partial charge in [-0.3, -0.25) is 13.7 Å². The molecular formula is C94H84N4OSi. The van der Waals surface area contributed by atoms with Crippen molar-refractivity contribution in [2.75, 3.05) is 0 Å². The van der Waals surface area contributed by atoms with Gasteiger partial charge in [0.05, 0.1) is 65.0 Å². The number of pyridine rings is 1. The number of hydrogen-bond acceptors (Lipinski definition) is 2. The first-order chi connectivity index (χ1) is 60.2. The minimum absolute atomic E-state index is 0.0211. The van der Waals surface area contributed by atoms with E-state index in [1.807, 2.05) is 114 Å². The highest BCUT2D eigenvalue weighted by molar-refractivity contribution is 7.11. The van der Waals surface area contributed by atoms with Gasteiger partial charge >= 0.3 is 0 Å². The molecule has 0 amide bonds. The molecular weight excluding hydrogens is 1230 g/mol. The molecule has 0 fully saturated rings. The molecule has 1 aliphatic rings. The molecule has 0 atom stereocenters. The summed E-state index contributed by atoms with van der Waals surface area (Å²) in [6.07, 6.45) is 4.78. The van der Waals surface area contributed by atoms with Crippen molar-refractivity contribution < 1.29 is 49.1 Å². The summed E-state index contributed by atoms with van der Waals surface area (Å²) >= 11 is 0. The van der Waals surface area contributed by atoms with Gasteiger partial charge in [0.1, 0.15) is 25.4 Å². The molecule has 0 radical (unpaired) electrons. The number of rotatable bonds is 12. The van der Waals surface area contributed by atoms with Gasteiger partial charge < -0.3 is 4.74 Å². The molecule has 0 unspecified atom stereocenters. The molecule has 3 aromatic heterocycles. The summed E-state index contributed by atoms with van der Waals surface area (Å²) in [5.74, 6) is 1.19. The maximum atomic E-state index is 10.5. The van der Waals surface area contributed by atoms with E-state index in [-0.39, 0.29) is 67.0 Å². The molecule has 490 valence electrons. The summed E-state index contributed by atoms with van der Waals surface area (Å²) in [4.78, 5) is 4.90. The van der Waals surface area contributed by atoms with Crippen molar-refractivity contribution in [3.8, 4) is 84.3 Å². The fraction of sp³-hybridized carbons (Fsp3) is 0.170. The first-order valence-corrected chi connectivity index (χ1v) is 35.2. The molecule has 100 heavy (non-hydrogen) atoms. The Hall–Kier alpha value is -10.9. The number of ether oxygens (including phenoxy) is 1. The average molecular weight is 1340 g/mol. The lowest BCUT2D eigenvalue weighted by molar-refractivity contribution is -0.570. The van der Waals surface area contributed by atoms with Gasteiger partial charge in [-0.1, -0.05) is 274 Å². The second kappa shape index (κ2) is 24.8. The van der Waals surface area contributed by atoms with E-state index >= 15 is 0 Å². The van der Waals surface area contributed by atoms with E-state index in [0.717, 1.165) is 38.5 Å². The van der Waals surface area contributed by atoms with Crippen molar-refractivity contribution in [3.05, 3.63) is 324 Å². The Kier molecular flexibility index (Phi) is 9.68. The number of para-hydroxylation sites is 1. The van der Waals surface area contributed by atoms with E-state index in [1.165, 1.54) is 30.3 Å². The molecule has 15 aromatic rings. The van der Waals surface area contributed by atoms with E-state index < -0.39 is 233 Å². The third-order valence-corrected chi connectivity index (χ3v) is 23.3. The maximum absolute atomic E-state index is 10.5. The third kappa shape index (κ3) is 11.3. The number of fused-ring (bicyclic) bond motifs is 10. The second-order valence-electron chi connectivity index (χ2n) is 28.4. The molecule has 16 rings (SSSR count). The zero-order valence-corrected chi connectivity index (χ0v) is 57.5. The summed E-state index contributed by atoms with van der Waals surface area (Å²) in [7, 11) is -5.70. The molecule has 6 heteroatoms. The van der Waals surface area contributed by atoms with Crippen molar-refractivity contribution in [2.45, 2.75) is 105 Å². The maximum Gasteiger partial charge on any atom is 0.269 e. The minimum Gasteiger partial charge on any atom is -0.458 e. The normalized spacial score (nSPS) is 16.8. The van der Waals surface area contributed by atoms with Crippen molar-refractivity contribution >= 4 is 56.5 Å². The average Bonchev–Trinajstić information content (AvgIpc) is 1.69. The second-order valence-corrected chi connectivity index (χ2v) is 32.2. The van der Waals surface area contributed by atoms with Gasteiger partial charge in [-0.25, -0.2) is 4.98 Å². The van der Waals surface area contributed by atoms with Crippen LogP contribution in [0.25, 0.3) is 106 Å². The lowest BCUT2D eigenvalue weighted by atomic mass is 9.78. The largest absolute Gasteiger partial charge is 0.458 e. The van der Waals surface area contributed by atoms with Gasteiger partial charge in [0.2, 0.25) is 0 Å². The summed E-state index contributed by atoms with van der Waals surface area (Å²) in [5, 5.41) is -0.443. The summed E-state index contributed by atoms with van der Waals surface area (Å²) in [5.41, 5.74) is -0.333. The topological polar surface area (TPSA) is 35.9 Å². The number of aryl methyl sites for hydroxylation is 3. The van der Waals surface area contributed by atoms with Gasteiger partial charge in [-0.2, -0.15) is 0 Å². The van der Waals surface area contributed by atoms with Crippen LogP contribution in [-0.2, 0) is 22.7 Å². The Morgan fingerprint density at radius 3 is 1.62 bits per heavy atom. The number of hydrogen-bond donors (Lipinski definition) is 0. The first kappa shape index (κ1) is 39.0. The van der Waals surface area contributed by atoms with E-state index in [9.17, 15) is 27.4 Å². The van der Waals surface area contributed by atoms with Crippen LogP contribution in [-0.4, -0.2) is 22.2 Å². The van der Waals surface area contributed by atoms with E-state index in [0.29, 0.717) is 17.1 Å². The molecule has 0 saturated carbocycles. The van der Waals surface area contributed by atoms with Crippen LogP contribution >= 0.6 is 0 Å². The number of aromatic nitrogens is 4. The Bertz CT molecular complexity index is 7050. The summed E-state index contributed by atoms with van der Waals surface area (Å²) in [6, 6.07) is 17.5. The van der Waals surface area contributed by atoms with Gasteiger partial charge in [-0.15, -0.1) is 0 Å². The van der Waals surface area contributed by atoms with Crippen LogP contribution in [0.15, 0.2) is 285 Å². The lowest BCUT2D eigenvalue weighted by Gasteiger charge is -2.34. The van der Waals surface area contributed by atoms with Gasteiger partial charge in [0.25, 0.3) is 6.33 Å². The summed E-state index contributed by atoms with van der Waals surface area (Å²) < 4.78 is 290. The highest BCUT2D eigenvalue weighted by Gasteiger charge is 2.39. The number of nitrogens with zero attached hydrogens (tertiary/aromatic N) is 4. The fourth-order valence-electron chi connectivity index (χ4n) is 13.9. The molecule has 0 bridgehead atoms. The molecule has 12 aromatic carbocycles. The highest BCUT2D eigenvalue weighted by atomic mass is 28.3. The number of benzene rings is 12. The van der Waals surface area contributed by atoms with Crippen LogP contribution in [0, 0.1) is 20.0 Å². The highest BCUT2D eigenvalue weighted by Crippen LogP contribution is 2.49. The Balaban J connectivity index is 1.11. The molecule has 5 nitrogen and oxygen atoms in total. The zero-order valence-electron chi connectivity index (χ0n) is 85.5. The Morgan fingerprint density at radius 2 is 1.01 bits per heavy atom. The van der Waals surface area contributed by atoms with E-state index in [4.69, 9.17) is 22.1 Å². The Morgan fingerprint density at radius 1 is 0.460 bits per heavy atom. The quantitative estimate of drug-likeness (QED) is 0.0529. The smallest absolute Gasteiger partial charge is 0.269 e.